The van der Waals surface area contributed by atoms with Crippen LogP contribution < -0.4 is 16.0 Å². The van der Waals surface area contributed by atoms with Gasteiger partial charge >= 0.3 is 5.97 Å². The quantitative estimate of drug-likeness (QED) is 0.202. The smallest absolute Gasteiger partial charge is 0.302 e. The van der Waals surface area contributed by atoms with E-state index in [0.29, 0.717) is 43.8 Å². The summed E-state index contributed by atoms with van der Waals surface area (Å²) >= 11 is 0. The number of aliphatic hydroxyl groups is 1. The number of nitrogens with one attached hydrogen (secondary N) is 1. The van der Waals surface area contributed by atoms with Gasteiger partial charge in [0.25, 0.3) is 0 Å². The number of aliphatic hydroxyl groups excluding tert-OH is 1. The average molecular weight is 628 g/mol. The molecule has 3 heterocycles. The lowest BCUT2D eigenvalue weighted by molar-refractivity contribution is -0.704. The molecular formula is C36H59N4O5+3. The van der Waals surface area contributed by atoms with Crippen LogP contribution in [0.2, 0.25) is 0 Å². The summed E-state index contributed by atoms with van der Waals surface area (Å²) in [5.41, 5.74) is 2.72. The lowest BCUT2D eigenvalue weighted by atomic mass is 9.71. The van der Waals surface area contributed by atoms with E-state index >= 15 is 0 Å². The summed E-state index contributed by atoms with van der Waals surface area (Å²) in [7, 11) is 3.68. The Kier molecular flexibility index (Phi) is 14.4. The Morgan fingerprint density at radius 2 is 2.04 bits per heavy atom. The third kappa shape index (κ3) is 10.9. The number of nitrogens with two attached hydrogens (primary N) is 2. The van der Waals surface area contributed by atoms with Gasteiger partial charge in [-0.3, -0.25) is 14.9 Å². The van der Waals surface area contributed by atoms with Crippen molar-refractivity contribution in [2.24, 2.45) is 34.6 Å². The molecule has 0 spiro atoms. The molecule has 0 amide bonds. The first-order valence-electron chi connectivity index (χ1n) is 17.6. The largest absolute Gasteiger partial charge is 0.462 e. The van der Waals surface area contributed by atoms with Crippen molar-refractivity contribution in [3.05, 3.63) is 17.7 Å². The highest BCUT2D eigenvalue weighted by atomic mass is 16.5. The van der Waals surface area contributed by atoms with Crippen LogP contribution in [0.1, 0.15) is 90.9 Å². The van der Waals surface area contributed by atoms with E-state index in [-0.39, 0.29) is 42.0 Å². The lowest BCUT2D eigenvalue weighted by Gasteiger charge is -2.39. The van der Waals surface area contributed by atoms with Gasteiger partial charge in [-0.2, -0.15) is 0 Å². The van der Waals surface area contributed by atoms with E-state index in [0.717, 1.165) is 51.6 Å². The molecule has 9 atom stereocenters. The second-order valence-electron chi connectivity index (χ2n) is 14.0. The number of piperidine rings is 1. The number of quaternary nitrogens is 2. The number of carbonyl (C=O) groups is 2. The first kappa shape index (κ1) is 35.6. The lowest BCUT2D eigenvalue weighted by Crippen LogP contribution is -2.95. The van der Waals surface area contributed by atoms with Gasteiger partial charge in [0.2, 0.25) is 0 Å². The van der Waals surface area contributed by atoms with Crippen molar-refractivity contribution in [3.8, 4) is 11.8 Å². The van der Waals surface area contributed by atoms with E-state index in [1.54, 1.807) is 7.11 Å². The first-order chi connectivity index (χ1) is 21.8. The molecule has 4 aliphatic rings. The molecule has 1 aliphatic carbocycles. The zero-order valence-corrected chi connectivity index (χ0v) is 28.1. The Labute approximate surface area is 271 Å². The van der Waals surface area contributed by atoms with Crippen molar-refractivity contribution in [2.75, 3.05) is 33.8 Å². The van der Waals surface area contributed by atoms with Gasteiger partial charge in [0.1, 0.15) is 30.2 Å². The molecule has 1 saturated heterocycles. The summed E-state index contributed by atoms with van der Waals surface area (Å²) in [5, 5.41) is 19.1. The predicted octanol–water partition coefficient (Wildman–Crippen LogP) is 1.90. The number of fused-ring (bicyclic) bond motifs is 2. The second kappa shape index (κ2) is 18.2. The molecule has 2 bridgehead atoms. The van der Waals surface area contributed by atoms with Gasteiger partial charge in [0, 0.05) is 58.0 Å². The number of Topliss-reactive ketones (excluding diaryl/α,β-unsaturated/α-hetero) is 1. The molecular weight excluding hydrogens is 568 g/mol. The number of rotatable bonds is 6. The number of esters is 1. The summed E-state index contributed by atoms with van der Waals surface area (Å²) < 4.78 is 11.5. The molecule has 6 N–H and O–H groups in total. The van der Waals surface area contributed by atoms with Crippen LogP contribution in [0.5, 0.6) is 0 Å². The number of hydrogen-bond donors (Lipinski definition) is 4. The highest BCUT2D eigenvalue weighted by Gasteiger charge is 2.41. The van der Waals surface area contributed by atoms with E-state index in [4.69, 9.17) is 9.47 Å². The van der Waals surface area contributed by atoms with Crippen LogP contribution in [0.25, 0.3) is 0 Å². The molecule has 0 aromatic rings. The maximum atomic E-state index is 13.7. The fourth-order valence-electron chi connectivity index (χ4n) is 8.06. The van der Waals surface area contributed by atoms with Crippen LogP contribution in [0.15, 0.2) is 16.1 Å². The summed E-state index contributed by atoms with van der Waals surface area (Å²) in [4.78, 5) is 30.3. The van der Waals surface area contributed by atoms with E-state index in [1.165, 1.54) is 30.9 Å². The number of allylic oxidation sites excluding steroid dienone is 1. The van der Waals surface area contributed by atoms with E-state index in [9.17, 15) is 14.7 Å². The Balaban J connectivity index is 1.55. The standard InChI is InChI=1S/C36H57N4O5/c1-5-25-9-11-33(45-24(2)41)20-32(42)18-27(29-17-31(21-37-3)36(43)34(19-29)44-4)7-6-13-39-35-16-26(12-14-40-35)8-10-28-22-38-23-30(28)15-25/h22-23,25-27,29,31,33-37,39-40,43H,5,8-21H2,1-4H3/q+1/p+2/t25-,26?,27+,29?,31?,33+,34?,35?,36?/m0/s1. The van der Waals surface area contributed by atoms with Crippen molar-refractivity contribution in [1.29, 1.82) is 0 Å². The van der Waals surface area contributed by atoms with Crippen molar-refractivity contribution in [1.82, 2.24) is 5.32 Å². The maximum Gasteiger partial charge on any atom is 0.302 e. The molecule has 9 heteroatoms. The zero-order valence-electron chi connectivity index (χ0n) is 28.1. The van der Waals surface area contributed by atoms with Crippen LogP contribution >= 0.6 is 0 Å². The number of carbonyl (C=O) groups excluding carboxylic acids is 2. The molecule has 9 nitrogen and oxygen atoms in total. The van der Waals surface area contributed by atoms with E-state index in [1.807, 2.05) is 13.3 Å². The topological polar surface area (TPSA) is 130 Å². The molecule has 4 rings (SSSR count). The van der Waals surface area contributed by atoms with Gasteiger partial charge in [0.05, 0.1) is 44.5 Å². The number of aliphatic imine (C=N–C) groups is 1. The first-order valence-corrected chi connectivity index (χ1v) is 17.6. The Bertz CT molecular complexity index is 1100. The van der Waals surface area contributed by atoms with Gasteiger partial charge in [0.15, 0.2) is 6.21 Å². The molecule has 1 saturated carbocycles. The van der Waals surface area contributed by atoms with Crippen LogP contribution in [0.3, 0.4) is 0 Å². The molecule has 250 valence electrons. The summed E-state index contributed by atoms with van der Waals surface area (Å²) in [6.07, 6.45) is 11.4. The second-order valence-corrected chi connectivity index (χ2v) is 14.0. The number of methoxy groups -OCH3 is 1. The van der Waals surface area contributed by atoms with E-state index in [2.05, 4.69) is 46.3 Å². The number of nitrogens with zero attached hydrogens (tertiary/aromatic N) is 1. The number of ether oxygens (including phenoxy) is 2. The summed E-state index contributed by atoms with van der Waals surface area (Å²) in [6, 6.07) is 0. The Morgan fingerprint density at radius 1 is 1.20 bits per heavy atom. The monoisotopic (exact) mass is 627 g/mol. The minimum Gasteiger partial charge on any atom is -0.462 e. The number of ketones is 1. The van der Waals surface area contributed by atoms with Crippen LogP contribution in [-0.2, 0) is 19.1 Å². The normalized spacial score (nSPS) is 35.5. The predicted molar refractivity (Wildman–Crippen MR) is 175 cm³/mol. The van der Waals surface area contributed by atoms with Gasteiger partial charge in [-0.1, -0.05) is 25.2 Å². The molecule has 6 unspecified atom stereocenters. The molecule has 2 fully saturated rings. The third-order valence-electron chi connectivity index (χ3n) is 10.7. The molecule has 0 radical (unpaired) electrons. The fraction of sp³-hybridized carbons (Fsp3) is 0.778. The maximum absolute atomic E-state index is 13.7. The van der Waals surface area contributed by atoms with Gasteiger partial charge in [-0.15, -0.1) is 4.99 Å². The SMILES string of the molecule is CC[C@H]1CC[C@@H](OC(C)=O)CC(=O)C[C@H](C2CC(C[NH2+]C)C(O)C(OC)C2)C#CCNC2CC(CC[NH2+]2)CCC2=C(C=N[CH+]2)C1. The molecule has 0 aromatic carbocycles. The Hall–Kier alpha value is -2.22. The van der Waals surface area contributed by atoms with Gasteiger partial charge in [-0.05, 0) is 56.3 Å². The number of hydrogen-bond acceptors (Lipinski definition) is 7. The molecule has 45 heavy (non-hydrogen) atoms. The van der Waals surface area contributed by atoms with Crippen molar-refractivity contribution < 1.29 is 34.8 Å². The molecule has 3 aliphatic heterocycles. The van der Waals surface area contributed by atoms with Crippen LogP contribution in [-0.4, -0.2) is 81.3 Å². The fourth-order valence-corrected chi connectivity index (χ4v) is 8.06. The van der Waals surface area contributed by atoms with Gasteiger partial charge in [-0.25, -0.2) is 0 Å². The van der Waals surface area contributed by atoms with Gasteiger partial charge < -0.3 is 25.2 Å². The Morgan fingerprint density at radius 3 is 2.80 bits per heavy atom. The highest BCUT2D eigenvalue weighted by molar-refractivity contribution is 5.84. The summed E-state index contributed by atoms with van der Waals surface area (Å²) in [5.74, 6) is 7.86. The van der Waals surface area contributed by atoms with E-state index < -0.39 is 12.2 Å². The zero-order chi connectivity index (χ0) is 32.2. The molecule has 0 aromatic heterocycles. The van der Waals surface area contributed by atoms with Crippen molar-refractivity contribution in [3.63, 3.8) is 0 Å². The average Bonchev–Trinajstić information content (AvgIpc) is 3.46. The third-order valence-corrected chi connectivity index (χ3v) is 10.7. The van der Waals surface area contributed by atoms with Crippen LogP contribution in [0.4, 0.5) is 0 Å². The summed E-state index contributed by atoms with van der Waals surface area (Å²) in [6.45, 7) is 8.21. The van der Waals surface area contributed by atoms with Crippen molar-refractivity contribution >= 4 is 18.0 Å². The highest BCUT2D eigenvalue weighted by Crippen LogP contribution is 2.37. The minimum atomic E-state index is -0.518. The van der Waals surface area contributed by atoms with Crippen molar-refractivity contribution in [2.45, 2.75) is 115 Å². The minimum absolute atomic E-state index is 0.0839. The van der Waals surface area contributed by atoms with Crippen LogP contribution in [0, 0.1) is 48.0 Å².